The van der Waals surface area contributed by atoms with E-state index in [2.05, 4.69) is 4.74 Å². The lowest BCUT2D eigenvalue weighted by atomic mass is 10.1. The average molecular weight is 450 g/mol. The van der Waals surface area contributed by atoms with Crippen LogP contribution in [0.5, 0.6) is 17.2 Å². The van der Waals surface area contributed by atoms with E-state index in [1.807, 2.05) is 0 Å². The summed E-state index contributed by atoms with van der Waals surface area (Å²) in [6.07, 6.45) is -1.61. The summed E-state index contributed by atoms with van der Waals surface area (Å²) < 4.78 is 15.2. The Morgan fingerprint density at radius 2 is 1.24 bits per heavy atom. The van der Waals surface area contributed by atoms with Gasteiger partial charge in [0.2, 0.25) is 0 Å². The molecule has 3 rings (SSSR count). The van der Waals surface area contributed by atoms with Gasteiger partial charge < -0.3 is 24.4 Å². The number of ether oxygens (including phenoxy) is 3. The standard InChI is InChI=1S/C24H18O9/c1-14-12-19(31-22(27)17-6-8-18(9-7-17)32-24(29)30)10-11-20(14)33-23(28)16-4-2-15(3-5-16)13-21(25)26/h2-12H,13H2,1H3,(H,25,26)(H,29,30). The minimum Gasteiger partial charge on any atom is -0.481 e. The van der Waals surface area contributed by atoms with E-state index in [4.69, 9.17) is 19.7 Å². The minimum atomic E-state index is -1.46. The molecule has 168 valence electrons. The van der Waals surface area contributed by atoms with Crippen LogP contribution in [-0.2, 0) is 11.2 Å². The Morgan fingerprint density at radius 1 is 0.697 bits per heavy atom. The number of carbonyl (C=O) groups is 4. The van der Waals surface area contributed by atoms with Crippen molar-refractivity contribution >= 4 is 24.1 Å². The van der Waals surface area contributed by atoms with Crippen molar-refractivity contribution in [2.24, 2.45) is 0 Å². The molecule has 0 heterocycles. The van der Waals surface area contributed by atoms with Gasteiger partial charge in [-0.1, -0.05) is 12.1 Å². The van der Waals surface area contributed by atoms with Gasteiger partial charge in [-0.3, -0.25) is 4.79 Å². The van der Waals surface area contributed by atoms with Crippen molar-refractivity contribution in [3.8, 4) is 17.2 Å². The lowest BCUT2D eigenvalue weighted by Gasteiger charge is -2.10. The Kier molecular flexibility index (Phi) is 7.04. The highest BCUT2D eigenvalue weighted by Gasteiger charge is 2.14. The second-order valence-electron chi connectivity index (χ2n) is 6.87. The number of carboxylic acid groups (broad SMARTS) is 2. The highest BCUT2D eigenvalue weighted by atomic mass is 16.7. The second-order valence-corrected chi connectivity index (χ2v) is 6.87. The quantitative estimate of drug-likeness (QED) is 0.309. The maximum atomic E-state index is 12.4. The largest absolute Gasteiger partial charge is 0.511 e. The number of carbonyl (C=O) groups excluding carboxylic acids is 2. The molecule has 0 spiro atoms. The van der Waals surface area contributed by atoms with Crippen LogP contribution in [0.2, 0.25) is 0 Å². The molecule has 0 radical (unpaired) electrons. The maximum Gasteiger partial charge on any atom is 0.511 e. The Balaban J connectivity index is 1.63. The molecule has 0 atom stereocenters. The van der Waals surface area contributed by atoms with Gasteiger partial charge in [0.05, 0.1) is 17.5 Å². The lowest BCUT2D eigenvalue weighted by molar-refractivity contribution is -0.136. The first kappa shape index (κ1) is 23.0. The Morgan fingerprint density at radius 3 is 1.79 bits per heavy atom. The third kappa shape index (κ3) is 6.41. The predicted octanol–water partition coefficient (Wildman–Crippen LogP) is 4.12. The van der Waals surface area contributed by atoms with Crippen molar-refractivity contribution in [2.45, 2.75) is 13.3 Å². The number of carboxylic acids is 1. The van der Waals surface area contributed by atoms with Crippen molar-refractivity contribution in [3.05, 3.63) is 89.0 Å². The number of aliphatic carboxylic acids is 1. The first-order valence-corrected chi connectivity index (χ1v) is 9.58. The molecular formula is C24H18O9. The van der Waals surface area contributed by atoms with Crippen molar-refractivity contribution in [3.63, 3.8) is 0 Å². The van der Waals surface area contributed by atoms with Crippen LogP contribution in [0.25, 0.3) is 0 Å². The van der Waals surface area contributed by atoms with E-state index < -0.39 is 24.1 Å². The Labute approximate surface area is 187 Å². The van der Waals surface area contributed by atoms with Gasteiger partial charge in [0.15, 0.2) is 0 Å². The normalized spacial score (nSPS) is 10.2. The van der Waals surface area contributed by atoms with Gasteiger partial charge in [0.25, 0.3) is 0 Å². The van der Waals surface area contributed by atoms with Gasteiger partial charge in [-0.2, -0.15) is 0 Å². The SMILES string of the molecule is Cc1cc(OC(=O)c2ccc(OC(=O)O)cc2)ccc1OC(=O)c1ccc(CC(=O)O)cc1. The molecule has 0 saturated carbocycles. The first-order valence-electron chi connectivity index (χ1n) is 9.58. The van der Waals surface area contributed by atoms with Crippen LogP contribution in [0.3, 0.4) is 0 Å². The third-order valence-corrected chi connectivity index (χ3v) is 4.40. The molecule has 3 aromatic carbocycles. The summed E-state index contributed by atoms with van der Waals surface area (Å²) in [7, 11) is 0. The highest BCUT2D eigenvalue weighted by Crippen LogP contribution is 2.25. The van der Waals surface area contributed by atoms with Gasteiger partial charge in [0.1, 0.15) is 17.2 Å². The molecule has 0 aromatic heterocycles. The number of aryl methyl sites for hydroxylation is 1. The molecule has 9 heteroatoms. The van der Waals surface area contributed by atoms with Crippen LogP contribution in [0.4, 0.5) is 4.79 Å². The number of hydrogen-bond acceptors (Lipinski definition) is 7. The molecule has 33 heavy (non-hydrogen) atoms. The molecule has 0 fully saturated rings. The molecule has 0 aliphatic rings. The highest BCUT2D eigenvalue weighted by molar-refractivity contribution is 5.92. The van der Waals surface area contributed by atoms with Crippen molar-refractivity contribution in [1.82, 2.24) is 0 Å². The summed E-state index contributed by atoms with van der Waals surface area (Å²) in [6, 6.07) is 15.9. The summed E-state index contributed by atoms with van der Waals surface area (Å²) in [4.78, 5) is 45.9. The molecule has 3 aromatic rings. The van der Waals surface area contributed by atoms with E-state index in [0.717, 1.165) is 0 Å². The zero-order valence-electron chi connectivity index (χ0n) is 17.3. The number of hydrogen-bond donors (Lipinski definition) is 2. The van der Waals surface area contributed by atoms with Crippen molar-refractivity contribution < 1.29 is 43.6 Å². The molecule has 0 saturated heterocycles. The van der Waals surface area contributed by atoms with Crippen LogP contribution in [0.1, 0.15) is 31.8 Å². The summed E-state index contributed by atoms with van der Waals surface area (Å²) in [5.74, 6) is -1.69. The fraction of sp³-hybridized carbons (Fsp3) is 0.0833. The monoisotopic (exact) mass is 450 g/mol. The zero-order chi connectivity index (χ0) is 24.0. The summed E-state index contributed by atoms with van der Waals surface area (Å²) in [5, 5.41) is 17.4. The van der Waals surface area contributed by atoms with Crippen LogP contribution in [0.15, 0.2) is 66.7 Å². The summed E-state index contributed by atoms with van der Waals surface area (Å²) >= 11 is 0. The van der Waals surface area contributed by atoms with E-state index >= 15 is 0 Å². The Hall–Kier alpha value is -4.66. The predicted molar refractivity (Wildman–Crippen MR) is 114 cm³/mol. The minimum absolute atomic E-state index is 0.0672. The topological polar surface area (TPSA) is 136 Å². The molecule has 0 aliphatic carbocycles. The van der Waals surface area contributed by atoms with Crippen LogP contribution >= 0.6 is 0 Å². The summed E-state index contributed by atoms with van der Waals surface area (Å²) in [6.45, 7) is 1.67. The van der Waals surface area contributed by atoms with Gasteiger partial charge in [0, 0.05) is 0 Å². The number of esters is 2. The molecule has 0 unspecified atom stereocenters. The first-order chi connectivity index (χ1) is 15.7. The van der Waals surface area contributed by atoms with E-state index in [9.17, 15) is 19.2 Å². The van der Waals surface area contributed by atoms with E-state index in [0.29, 0.717) is 11.1 Å². The van der Waals surface area contributed by atoms with Crippen molar-refractivity contribution in [2.75, 3.05) is 0 Å². The van der Waals surface area contributed by atoms with Crippen LogP contribution < -0.4 is 14.2 Å². The summed E-state index contributed by atoms with van der Waals surface area (Å²) in [5.41, 5.74) is 1.55. The smallest absolute Gasteiger partial charge is 0.481 e. The fourth-order valence-corrected chi connectivity index (χ4v) is 2.82. The average Bonchev–Trinajstić information content (AvgIpc) is 2.75. The van der Waals surface area contributed by atoms with Gasteiger partial charge in [-0.05, 0) is 72.6 Å². The van der Waals surface area contributed by atoms with E-state index in [-0.39, 0.29) is 34.8 Å². The van der Waals surface area contributed by atoms with Crippen LogP contribution in [0, 0.1) is 6.92 Å². The molecule has 0 bridgehead atoms. The number of rotatable bonds is 7. The van der Waals surface area contributed by atoms with Gasteiger partial charge in [-0.25, -0.2) is 14.4 Å². The van der Waals surface area contributed by atoms with Crippen LogP contribution in [-0.4, -0.2) is 34.3 Å². The maximum absolute atomic E-state index is 12.4. The molecule has 0 aliphatic heterocycles. The fourth-order valence-electron chi connectivity index (χ4n) is 2.82. The van der Waals surface area contributed by atoms with Gasteiger partial charge in [-0.15, -0.1) is 0 Å². The Bertz CT molecular complexity index is 1200. The second kappa shape index (κ2) is 10.1. The lowest BCUT2D eigenvalue weighted by Crippen LogP contribution is -2.11. The molecule has 9 nitrogen and oxygen atoms in total. The molecule has 2 N–H and O–H groups in total. The molecular weight excluding hydrogens is 432 g/mol. The van der Waals surface area contributed by atoms with Gasteiger partial charge >= 0.3 is 24.1 Å². The van der Waals surface area contributed by atoms with Crippen molar-refractivity contribution in [1.29, 1.82) is 0 Å². The third-order valence-electron chi connectivity index (χ3n) is 4.40. The number of benzene rings is 3. The zero-order valence-corrected chi connectivity index (χ0v) is 17.3. The van der Waals surface area contributed by atoms with E-state index in [1.54, 1.807) is 19.1 Å². The van der Waals surface area contributed by atoms with E-state index in [1.165, 1.54) is 54.6 Å². The molecule has 0 amide bonds.